The van der Waals surface area contributed by atoms with Gasteiger partial charge in [0.15, 0.2) is 6.61 Å². The average molecular weight is 489 g/mol. The third kappa shape index (κ3) is 8.80. The Balaban J connectivity index is 1.67. The Labute approximate surface area is 201 Å². The zero-order chi connectivity index (χ0) is 25.3. The molecule has 2 aromatic carbocycles. The standard InChI is InChI=1S/C25H26F3N3O4/c1-2-18-14-29-24(30-15-18)31(16-20-5-3-7-22(13-20)35-25(26,27)28)12-4-6-19-8-10-21(11-9-19)34-17-23(32)33/h3,5,7-11,13-15H,2,4,6,12,16-17H2,1H3,(H,32,33). The van der Waals surface area contributed by atoms with Gasteiger partial charge < -0.3 is 19.5 Å². The summed E-state index contributed by atoms with van der Waals surface area (Å²) in [5.41, 5.74) is 2.66. The molecule has 7 nitrogen and oxygen atoms in total. The fraction of sp³-hybridized carbons (Fsp3) is 0.320. The smallest absolute Gasteiger partial charge is 0.482 e. The van der Waals surface area contributed by atoms with Gasteiger partial charge in [-0.25, -0.2) is 14.8 Å². The Morgan fingerprint density at radius 2 is 1.71 bits per heavy atom. The first-order chi connectivity index (χ1) is 16.7. The van der Waals surface area contributed by atoms with Crippen molar-refractivity contribution in [2.75, 3.05) is 18.1 Å². The Morgan fingerprint density at radius 1 is 1.00 bits per heavy atom. The molecular weight excluding hydrogens is 463 g/mol. The number of ether oxygens (including phenoxy) is 2. The normalized spacial score (nSPS) is 11.2. The van der Waals surface area contributed by atoms with Crippen LogP contribution in [0.1, 0.15) is 30.0 Å². The summed E-state index contributed by atoms with van der Waals surface area (Å²) in [6.45, 7) is 2.47. The van der Waals surface area contributed by atoms with Crippen molar-refractivity contribution in [3.05, 3.63) is 77.6 Å². The van der Waals surface area contributed by atoms with Gasteiger partial charge in [-0.15, -0.1) is 13.2 Å². The second-order valence-corrected chi connectivity index (χ2v) is 7.79. The highest BCUT2D eigenvalue weighted by Crippen LogP contribution is 2.24. The minimum absolute atomic E-state index is 0.276. The number of rotatable bonds is 12. The van der Waals surface area contributed by atoms with Crippen LogP contribution in [0.3, 0.4) is 0 Å². The van der Waals surface area contributed by atoms with Gasteiger partial charge in [0.1, 0.15) is 11.5 Å². The molecule has 0 spiro atoms. The molecule has 0 aliphatic heterocycles. The molecule has 10 heteroatoms. The first-order valence-electron chi connectivity index (χ1n) is 11.1. The van der Waals surface area contributed by atoms with Crippen molar-refractivity contribution < 1.29 is 32.5 Å². The molecule has 0 aliphatic rings. The van der Waals surface area contributed by atoms with Crippen molar-refractivity contribution in [2.45, 2.75) is 39.1 Å². The molecule has 0 bridgehead atoms. The summed E-state index contributed by atoms with van der Waals surface area (Å²) in [4.78, 5) is 21.4. The first-order valence-corrected chi connectivity index (χ1v) is 11.1. The minimum Gasteiger partial charge on any atom is -0.482 e. The lowest BCUT2D eigenvalue weighted by molar-refractivity contribution is -0.274. The van der Waals surface area contributed by atoms with Crippen molar-refractivity contribution in [1.29, 1.82) is 0 Å². The van der Waals surface area contributed by atoms with Crippen LogP contribution in [-0.4, -0.2) is 40.6 Å². The lowest BCUT2D eigenvalue weighted by Crippen LogP contribution is -2.26. The Kier molecular flexibility index (Phi) is 8.88. The molecule has 1 N–H and O–H groups in total. The fourth-order valence-corrected chi connectivity index (χ4v) is 3.38. The van der Waals surface area contributed by atoms with Crippen LogP contribution in [0, 0.1) is 0 Å². The van der Waals surface area contributed by atoms with Crippen LogP contribution >= 0.6 is 0 Å². The maximum Gasteiger partial charge on any atom is 0.573 e. The molecule has 0 amide bonds. The number of hydrogen-bond acceptors (Lipinski definition) is 6. The van der Waals surface area contributed by atoms with Gasteiger partial charge >= 0.3 is 12.3 Å². The van der Waals surface area contributed by atoms with Crippen LogP contribution in [-0.2, 0) is 24.2 Å². The maximum atomic E-state index is 12.6. The van der Waals surface area contributed by atoms with Gasteiger partial charge in [-0.05, 0) is 60.2 Å². The van der Waals surface area contributed by atoms with Gasteiger partial charge in [0.05, 0.1) is 0 Å². The third-order valence-corrected chi connectivity index (χ3v) is 5.07. The molecule has 3 rings (SSSR count). The molecule has 1 aromatic heterocycles. The quantitative estimate of drug-likeness (QED) is 0.382. The summed E-state index contributed by atoms with van der Waals surface area (Å²) in [6, 6.07) is 13.0. The fourth-order valence-electron chi connectivity index (χ4n) is 3.38. The molecule has 0 saturated carbocycles. The van der Waals surface area contributed by atoms with Crippen LogP contribution in [0.2, 0.25) is 0 Å². The van der Waals surface area contributed by atoms with E-state index in [1.165, 1.54) is 18.2 Å². The summed E-state index contributed by atoms with van der Waals surface area (Å²) in [7, 11) is 0. The summed E-state index contributed by atoms with van der Waals surface area (Å²) in [5.74, 6) is -0.355. The summed E-state index contributed by atoms with van der Waals surface area (Å²) >= 11 is 0. The van der Waals surface area contributed by atoms with Gasteiger partial charge in [-0.2, -0.15) is 0 Å². The van der Waals surface area contributed by atoms with E-state index in [1.54, 1.807) is 30.6 Å². The zero-order valence-electron chi connectivity index (χ0n) is 19.2. The van der Waals surface area contributed by atoms with Crippen molar-refractivity contribution >= 4 is 11.9 Å². The van der Waals surface area contributed by atoms with Crippen molar-refractivity contribution in [2.24, 2.45) is 0 Å². The van der Waals surface area contributed by atoms with Crippen molar-refractivity contribution in [3.63, 3.8) is 0 Å². The Hall–Kier alpha value is -3.82. The SMILES string of the molecule is CCc1cnc(N(CCCc2ccc(OCC(=O)O)cc2)Cc2cccc(OC(F)(F)F)c2)nc1. The lowest BCUT2D eigenvalue weighted by Gasteiger charge is -2.23. The number of nitrogens with zero attached hydrogens (tertiary/aromatic N) is 3. The minimum atomic E-state index is -4.76. The van der Waals surface area contributed by atoms with E-state index in [4.69, 9.17) is 9.84 Å². The van der Waals surface area contributed by atoms with Crippen LogP contribution in [0.25, 0.3) is 0 Å². The summed E-state index contributed by atoms with van der Waals surface area (Å²) in [5, 5.41) is 8.69. The van der Waals surface area contributed by atoms with E-state index in [1.807, 2.05) is 24.0 Å². The highest BCUT2D eigenvalue weighted by atomic mass is 19.4. The Bertz CT molecular complexity index is 1090. The molecule has 35 heavy (non-hydrogen) atoms. The van der Waals surface area contributed by atoms with Crippen LogP contribution in [0.4, 0.5) is 19.1 Å². The number of halogens is 3. The highest BCUT2D eigenvalue weighted by molar-refractivity contribution is 5.68. The predicted molar refractivity (Wildman–Crippen MR) is 123 cm³/mol. The van der Waals surface area contributed by atoms with E-state index in [0.717, 1.165) is 30.4 Å². The monoisotopic (exact) mass is 489 g/mol. The third-order valence-electron chi connectivity index (χ3n) is 5.07. The second-order valence-electron chi connectivity index (χ2n) is 7.79. The van der Waals surface area contributed by atoms with Crippen LogP contribution in [0.15, 0.2) is 60.9 Å². The number of aromatic nitrogens is 2. The number of aliphatic carboxylic acids is 1. The van der Waals surface area contributed by atoms with Gasteiger partial charge in [0.25, 0.3) is 0 Å². The molecule has 1 heterocycles. The van der Waals surface area contributed by atoms with Crippen molar-refractivity contribution in [3.8, 4) is 11.5 Å². The number of hydrogen-bond donors (Lipinski definition) is 1. The van der Waals surface area contributed by atoms with Gasteiger partial charge in [-0.3, -0.25) is 0 Å². The zero-order valence-corrected chi connectivity index (χ0v) is 19.2. The molecule has 0 saturated heterocycles. The van der Waals surface area contributed by atoms with Gasteiger partial charge in [0, 0.05) is 25.5 Å². The van der Waals surface area contributed by atoms with E-state index in [0.29, 0.717) is 30.4 Å². The van der Waals surface area contributed by atoms with E-state index in [9.17, 15) is 18.0 Å². The van der Waals surface area contributed by atoms with E-state index in [2.05, 4.69) is 14.7 Å². The molecule has 0 aliphatic carbocycles. The second kappa shape index (κ2) is 12.0. The van der Waals surface area contributed by atoms with Crippen LogP contribution < -0.4 is 14.4 Å². The molecule has 0 fully saturated rings. The molecule has 186 valence electrons. The first kappa shape index (κ1) is 25.8. The predicted octanol–water partition coefficient (Wildman–Crippen LogP) is 5.04. The van der Waals surface area contributed by atoms with Gasteiger partial charge in [0.2, 0.25) is 5.95 Å². The van der Waals surface area contributed by atoms with E-state index in [-0.39, 0.29) is 5.75 Å². The number of carbonyl (C=O) groups is 1. The largest absolute Gasteiger partial charge is 0.573 e. The molecule has 3 aromatic rings. The molecular formula is C25H26F3N3O4. The number of anilines is 1. The molecule has 0 radical (unpaired) electrons. The van der Waals surface area contributed by atoms with Crippen LogP contribution in [0.5, 0.6) is 11.5 Å². The number of carboxylic acid groups (broad SMARTS) is 1. The van der Waals surface area contributed by atoms with E-state index < -0.39 is 18.9 Å². The van der Waals surface area contributed by atoms with Gasteiger partial charge in [-0.1, -0.05) is 31.2 Å². The number of alkyl halides is 3. The topological polar surface area (TPSA) is 84.8 Å². The van der Waals surface area contributed by atoms with Crippen molar-refractivity contribution in [1.82, 2.24) is 9.97 Å². The highest BCUT2D eigenvalue weighted by Gasteiger charge is 2.31. The maximum absolute atomic E-state index is 12.6. The lowest BCUT2D eigenvalue weighted by atomic mass is 10.1. The Morgan fingerprint density at radius 3 is 2.34 bits per heavy atom. The number of carboxylic acids is 1. The summed E-state index contributed by atoms with van der Waals surface area (Å²) < 4.78 is 47.0. The number of aryl methyl sites for hydroxylation is 2. The molecule has 0 unspecified atom stereocenters. The summed E-state index contributed by atoms with van der Waals surface area (Å²) in [6.07, 6.45) is 0.977. The molecule has 0 atom stereocenters. The van der Waals surface area contributed by atoms with E-state index >= 15 is 0 Å². The average Bonchev–Trinajstić information content (AvgIpc) is 2.82. The number of benzene rings is 2.